The summed E-state index contributed by atoms with van der Waals surface area (Å²) in [5, 5.41) is 0. The molecule has 118 valence electrons. The minimum absolute atomic E-state index is 0.389. The fourth-order valence-electron chi connectivity index (χ4n) is 1.64. The lowest BCUT2D eigenvalue weighted by Crippen LogP contribution is -2.25. The number of nitrogens with zero attached hydrogens (tertiary/aromatic N) is 1. The predicted octanol–water partition coefficient (Wildman–Crippen LogP) is 3.37. The molecule has 1 aromatic rings. The first-order valence-corrected chi connectivity index (χ1v) is 8.24. The van der Waals surface area contributed by atoms with Crippen LogP contribution in [0.25, 0.3) is 0 Å². The van der Waals surface area contributed by atoms with Crippen molar-refractivity contribution >= 4 is 29.2 Å². The molecular formula is C15H22ClNO3S. The maximum absolute atomic E-state index is 12.0. The maximum Gasteiger partial charge on any atom is 0.161 e. The first-order chi connectivity index (χ1) is 9.83. The second kappa shape index (κ2) is 7.92. The summed E-state index contributed by atoms with van der Waals surface area (Å²) in [7, 11) is 3.16. The van der Waals surface area contributed by atoms with Gasteiger partial charge in [0.25, 0.3) is 0 Å². The average Bonchev–Trinajstić information content (AvgIpc) is 2.44. The molecule has 0 aliphatic heterocycles. The zero-order valence-electron chi connectivity index (χ0n) is 13.1. The molecule has 0 bridgehead atoms. The van der Waals surface area contributed by atoms with Gasteiger partial charge in [0.15, 0.2) is 11.5 Å². The molecule has 0 saturated carbocycles. The molecular weight excluding hydrogens is 310 g/mol. The molecule has 0 radical (unpaired) electrons. The molecule has 0 aliphatic carbocycles. The Labute approximate surface area is 134 Å². The first kappa shape index (κ1) is 18.1. The Kier molecular flexibility index (Phi) is 6.84. The van der Waals surface area contributed by atoms with E-state index >= 15 is 0 Å². The molecule has 0 aliphatic rings. The smallest absolute Gasteiger partial charge is 0.161 e. The highest BCUT2D eigenvalue weighted by molar-refractivity contribution is 7.91. The Morgan fingerprint density at radius 3 is 2.29 bits per heavy atom. The van der Waals surface area contributed by atoms with E-state index in [9.17, 15) is 4.55 Å². The van der Waals surface area contributed by atoms with Gasteiger partial charge in [0.2, 0.25) is 0 Å². The van der Waals surface area contributed by atoms with Crippen LogP contribution in [0.2, 0.25) is 0 Å². The van der Waals surface area contributed by atoms with E-state index < -0.39 is 11.4 Å². The van der Waals surface area contributed by atoms with Crippen LogP contribution in [0.5, 0.6) is 11.5 Å². The topological polar surface area (TPSA) is 53.9 Å². The summed E-state index contributed by atoms with van der Waals surface area (Å²) in [5.74, 6) is 1.74. The summed E-state index contributed by atoms with van der Waals surface area (Å²) in [6.45, 7) is 5.65. The van der Waals surface area contributed by atoms with E-state index in [1.54, 1.807) is 20.4 Å². The molecule has 0 aromatic heterocycles. The highest BCUT2D eigenvalue weighted by atomic mass is 35.5. The van der Waals surface area contributed by atoms with Crippen LogP contribution in [-0.4, -0.2) is 35.6 Å². The fraction of sp³-hybridized carbons (Fsp3) is 0.533. The van der Waals surface area contributed by atoms with Crippen LogP contribution in [0.4, 0.5) is 0 Å². The van der Waals surface area contributed by atoms with Gasteiger partial charge in [0.05, 0.1) is 20.4 Å². The second-order valence-electron chi connectivity index (χ2n) is 5.44. The van der Waals surface area contributed by atoms with Gasteiger partial charge in [0, 0.05) is 11.4 Å². The van der Waals surface area contributed by atoms with Crippen molar-refractivity contribution in [3.8, 4) is 11.5 Å². The van der Waals surface area contributed by atoms with Crippen LogP contribution in [0.3, 0.4) is 0 Å². The van der Waals surface area contributed by atoms with Crippen molar-refractivity contribution in [2.45, 2.75) is 31.9 Å². The molecule has 6 heteroatoms. The fourth-order valence-corrected chi connectivity index (χ4v) is 2.37. The average molecular weight is 332 g/mol. The quantitative estimate of drug-likeness (QED) is 0.456. The number of methoxy groups -OCH3 is 2. The third-order valence-electron chi connectivity index (χ3n) is 2.82. The lowest BCUT2D eigenvalue weighted by atomic mass is 10.0. The van der Waals surface area contributed by atoms with E-state index in [2.05, 4.69) is 4.40 Å². The van der Waals surface area contributed by atoms with Crippen molar-refractivity contribution in [1.29, 1.82) is 0 Å². The molecule has 1 rings (SSSR count). The van der Waals surface area contributed by atoms with Gasteiger partial charge in [-0.1, -0.05) is 4.40 Å². The molecule has 0 unspecified atom stereocenters. The molecule has 21 heavy (non-hydrogen) atoms. The van der Waals surface area contributed by atoms with Gasteiger partial charge in [-0.2, -0.15) is 0 Å². The third-order valence-corrected chi connectivity index (χ3v) is 4.35. The molecule has 0 N–H and O–H groups in total. The van der Waals surface area contributed by atoms with E-state index in [-0.39, 0.29) is 4.75 Å². The Hall–Kier alpha value is -0.910. The number of benzene rings is 1. The Morgan fingerprint density at radius 1 is 1.24 bits per heavy atom. The van der Waals surface area contributed by atoms with Crippen molar-refractivity contribution in [3.63, 3.8) is 0 Å². The summed E-state index contributed by atoms with van der Waals surface area (Å²) in [4.78, 5) is 0. The Balaban J connectivity index is 3.17. The minimum atomic E-state index is -1.30. The SMILES string of the molecule is COc1cc(C=N[S@@+]([O-])C(C)(C)C)c(CCCl)cc1OC. The van der Waals surface area contributed by atoms with Crippen molar-refractivity contribution in [2.75, 3.05) is 20.1 Å². The summed E-state index contributed by atoms with van der Waals surface area (Å²) in [5.41, 5.74) is 1.82. The maximum atomic E-state index is 12.0. The molecule has 0 amide bonds. The summed E-state index contributed by atoms with van der Waals surface area (Å²) in [6, 6.07) is 3.70. The lowest BCUT2D eigenvalue weighted by Gasteiger charge is -2.18. The van der Waals surface area contributed by atoms with Gasteiger partial charge < -0.3 is 14.0 Å². The van der Waals surface area contributed by atoms with Crippen LogP contribution in [0, 0.1) is 0 Å². The molecule has 0 heterocycles. The monoisotopic (exact) mass is 331 g/mol. The highest BCUT2D eigenvalue weighted by Crippen LogP contribution is 2.30. The number of hydrogen-bond acceptors (Lipinski definition) is 4. The first-order valence-electron chi connectivity index (χ1n) is 6.60. The van der Waals surface area contributed by atoms with Gasteiger partial charge in [-0.05, 0) is 44.9 Å². The van der Waals surface area contributed by atoms with Gasteiger partial charge in [-0.25, -0.2) is 0 Å². The molecule has 1 aromatic carbocycles. The molecule has 0 fully saturated rings. The second-order valence-corrected chi connectivity index (χ2v) is 7.75. The summed E-state index contributed by atoms with van der Waals surface area (Å²) in [6.07, 6.45) is 2.29. The van der Waals surface area contributed by atoms with E-state index in [1.807, 2.05) is 32.9 Å². The minimum Gasteiger partial charge on any atom is -0.591 e. The number of ether oxygens (including phenoxy) is 2. The largest absolute Gasteiger partial charge is 0.591 e. The zero-order valence-corrected chi connectivity index (χ0v) is 14.7. The zero-order chi connectivity index (χ0) is 16.0. The molecule has 0 spiro atoms. The number of aryl methyl sites for hydroxylation is 1. The Morgan fingerprint density at radius 2 is 1.81 bits per heavy atom. The van der Waals surface area contributed by atoms with Crippen molar-refractivity contribution in [1.82, 2.24) is 0 Å². The number of rotatable bonds is 6. The summed E-state index contributed by atoms with van der Waals surface area (Å²) < 4.78 is 26.3. The number of hydrogen-bond donors (Lipinski definition) is 0. The van der Waals surface area contributed by atoms with E-state index in [0.717, 1.165) is 11.1 Å². The van der Waals surface area contributed by atoms with Crippen LogP contribution < -0.4 is 9.47 Å². The van der Waals surface area contributed by atoms with Crippen LogP contribution in [-0.2, 0) is 17.8 Å². The predicted molar refractivity (Wildman–Crippen MR) is 89.5 cm³/mol. The van der Waals surface area contributed by atoms with Crippen LogP contribution in [0.1, 0.15) is 31.9 Å². The van der Waals surface area contributed by atoms with Gasteiger partial charge >= 0.3 is 0 Å². The highest BCUT2D eigenvalue weighted by Gasteiger charge is 2.26. The number of alkyl halides is 1. The molecule has 1 atom stereocenters. The van der Waals surface area contributed by atoms with Gasteiger partial charge in [-0.15, -0.1) is 11.6 Å². The van der Waals surface area contributed by atoms with E-state index in [1.165, 1.54) is 0 Å². The van der Waals surface area contributed by atoms with Crippen LogP contribution >= 0.6 is 11.6 Å². The molecule has 0 saturated heterocycles. The molecule has 4 nitrogen and oxygen atoms in total. The van der Waals surface area contributed by atoms with E-state index in [0.29, 0.717) is 23.8 Å². The van der Waals surface area contributed by atoms with E-state index in [4.69, 9.17) is 21.1 Å². The van der Waals surface area contributed by atoms with Crippen molar-refractivity contribution in [2.24, 2.45) is 4.40 Å². The Bertz CT molecular complexity index is 500. The normalized spacial score (nSPS) is 13.5. The van der Waals surface area contributed by atoms with Gasteiger partial charge in [0.1, 0.15) is 16.1 Å². The van der Waals surface area contributed by atoms with Gasteiger partial charge in [-0.3, -0.25) is 0 Å². The van der Waals surface area contributed by atoms with Crippen molar-refractivity contribution < 1.29 is 14.0 Å². The van der Waals surface area contributed by atoms with Crippen molar-refractivity contribution in [3.05, 3.63) is 23.3 Å². The number of halogens is 1. The third kappa shape index (κ3) is 5.09. The lowest BCUT2D eigenvalue weighted by molar-refractivity contribution is 0.354. The summed E-state index contributed by atoms with van der Waals surface area (Å²) >= 11 is 4.53. The standard InChI is InChI=1S/C15H22ClNO3S/c1-15(2,3)21(18)17-10-12-9-14(20-5)13(19-4)8-11(12)6-7-16/h8-10H,6-7H2,1-5H3/t21-/m0/s1. The van der Waals surface area contributed by atoms with Crippen LogP contribution in [0.15, 0.2) is 16.5 Å².